The number of hydrogen-bond acceptors (Lipinski definition) is 5. The van der Waals surface area contributed by atoms with Crippen molar-refractivity contribution in [3.05, 3.63) is 24.3 Å². The maximum atomic E-state index is 12.8. The number of allylic oxidation sites excluding steroid dienone is 3. The molecule has 6 heteroatoms. The number of nitrogens with one attached hydrogen (secondary N) is 1. The topological polar surface area (TPSA) is 89.5 Å². The number of Topliss-reactive ketones (excluding diaryl/α,β-unsaturated/α-hetero) is 2. The van der Waals surface area contributed by atoms with Crippen molar-refractivity contribution in [1.82, 2.24) is 5.32 Å². The van der Waals surface area contributed by atoms with Gasteiger partial charge in [-0.1, -0.05) is 52.0 Å². The molecule has 1 aliphatic carbocycles. The lowest BCUT2D eigenvalue weighted by Crippen LogP contribution is -2.33. The fourth-order valence-corrected chi connectivity index (χ4v) is 3.81. The van der Waals surface area contributed by atoms with Crippen molar-refractivity contribution >= 4 is 23.9 Å². The molecule has 174 valence electrons. The second-order valence-electron chi connectivity index (χ2n) is 9.37. The maximum absolute atomic E-state index is 12.8. The van der Waals surface area contributed by atoms with Crippen LogP contribution in [0.3, 0.4) is 0 Å². The molecule has 3 atom stereocenters. The average molecular weight is 434 g/mol. The molecule has 0 saturated carbocycles. The minimum Gasteiger partial charge on any atom is -0.449 e. The van der Waals surface area contributed by atoms with E-state index in [1.54, 1.807) is 0 Å². The summed E-state index contributed by atoms with van der Waals surface area (Å²) >= 11 is 0. The number of hydrogen-bond donors (Lipinski definition) is 1. The second kappa shape index (κ2) is 14.7. The number of rotatable bonds is 14. The van der Waals surface area contributed by atoms with Crippen LogP contribution in [0.15, 0.2) is 24.3 Å². The highest BCUT2D eigenvalue weighted by atomic mass is 16.5. The summed E-state index contributed by atoms with van der Waals surface area (Å²) in [5, 5.41) is 2.50. The van der Waals surface area contributed by atoms with E-state index >= 15 is 0 Å². The predicted molar refractivity (Wildman–Crippen MR) is 122 cm³/mol. The summed E-state index contributed by atoms with van der Waals surface area (Å²) in [5.41, 5.74) is 0. The first kappa shape index (κ1) is 26.8. The monoisotopic (exact) mass is 433 g/mol. The molecule has 0 unspecified atom stereocenters. The number of carbonyl (C=O) groups is 4. The zero-order valence-electron chi connectivity index (χ0n) is 19.5. The molecule has 0 spiro atoms. The molecule has 1 amide bonds. The summed E-state index contributed by atoms with van der Waals surface area (Å²) in [6.07, 6.45) is 11.6. The lowest BCUT2D eigenvalue weighted by Gasteiger charge is -2.20. The molecule has 0 radical (unpaired) electrons. The Morgan fingerprint density at radius 1 is 1.06 bits per heavy atom. The highest BCUT2D eigenvalue weighted by Crippen LogP contribution is 2.23. The normalized spacial score (nSPS) is 17.8. The third kappa shape index (κ3) is 12.3. The van der Waals surface area contributed by atoms with Gasteiger partial charge < -0.3 is 14.8 Å². The molecule has 0 saturated heterocycles. The van der Waals surface area contributed by atoms with Gasteiger partial charge in [0.2, 0.25) is 0 Å². The fourth-order valence-electron chi connectivity index (χ4n) is 3.81. The largest absolute Gasteiger partial charge is 0.449 e. The Hall–Kier alpha value is -2.24. The van der Waals surface area contributed by atoms with Gasteiger partial charge in [-0.2, -0.15) is 0 Å². The Labute approximate surface area is 186 Å². The van der Waals surface area contributed by atoms with Gasteiger partial charge in [-0.25, -0.2) is 4.79 Å². The van der Waals surface area contributed by atoms with E-state index in [1.165, 1.54) is 0 Å². The first-order valence-corrected chi connectivity index (χ1v) is 11.4. The number of carbonyl (C=O) groups excluding carboxylic acids is 4. The van der Waals surface area contributed by atoms with Crippen molar-refractivity contribution in [2.75, 3.05) is 13.2 Å². The maximum Gasteiger partial charge on any atom is 0.407 e. The van der Waals surface area contributed by atoms with Crippen LogP contribution in [0.1, 0.15) is 66.2 Å². The van der Waals surface area contributed by atoms with Gasteiger partial charge in [0.1, 0.15) is 12.1 Å². The van der Waals surface area contributed by atoms with Crippen LogP contribution in [0.2, 0.25) is 0 Å². The molecular weight excluding hydrogens is 394 g/mol. The van der Waals surface area contributed by atoms with Gasteiger partial charge in [-0.15, -0.1) is 0 Å². The molecule has 0 aromatic rings. The molecule has 0 heterocycles. The van der Waals surface area contributed by atoms with E-state index < -0.39 is 12.0 Å². The SMILES string of the molecule is CC(C)C[C@@H](C=O)CC(=O)[C@@H](CC(=O)CNC(=O)OC[C@@H]1C=CC=CCC1)CC(C)C. The van der Waals surface area contributed by atoms with E-state index in [0.29, 0.717) is 18.8 Å². The third-order valence-electron chi connectivity index (χ3n) is 5.31. The average Bonchev–Trinajstić information content (AvgIpc) is 2.97. The highest BCUT2D eigenvalue weighted by molar-refractivity contribution is 5.90. The van der Waals surface area contributed by atoms with Gasteiger partial charge in [0.05, 0.1) is 13.2 Å². The van der Waals surface area contributed by atoms with E-state index in [-0.39, 0.29) is 55.3 Å². The highest BCUT2D eigenvalue weighted by Gasteiger charge is 2.26. The Morgan fingerprint density at radius 2 is 1.77 bits per heavy atom. The van der Waals surface area contributed by atoms with Gasteiger partial charge in [0.25, 0.3) is 0 Å². The summed E-state index contributed by atoms with van der Waals surface area (Å²) in [4.78, 5) is 48.4. The van der Waals surface area contributed by atoms with Crippen molar-refractivity contribution in [1.29, 1.82) is 0 Å². The number of aldehydes is 1. The van der Waals surface area contributed by atoms with Crippen molar-refractivity contribution < 1.29 is 23.9 Å². The minimum atomic E-state index is -0.622. The van der Waals surface area contributed by atoms with E-state index in [1.807, 2.05) is 45.9 Å². The van der Waals surface area contributed by atoms with Gasteiger partial charge in [0, 0.05) is 30.6 Å². The molecule has 0 aliphatic heterocycles. The first-order valence-electron chi connectivity index (χ1n) is 11.4. The molecular formula is C25H39NO5. The molecule has 6 nitrogen and oxygen atoms in total. The quantitative estimate of drug-likeness (QED) is 0.402. The Kier molecular flexibility index (Phi) is 12.7. The Morgan fingerprint density at radius 3 is 2.42 bits per heavy atom. The predicted octanol–water partition coefficient (Wildman–Crippen LogP) is 4.68. The fraction of sp³-hybridized carbons (Fsp3) is 0.680. The van der Waals surface area contributed by atoms with Crippen molar-refractivity contribution in [3.63, 3.8) is 0 Å². The van der Waals surface area contributed by atoms with E-state index in [2.05, 4.69) is 11.4 Å². The van der Waals surface area contributed by atoms with Crippen LogP contribution < -0.4 is 5.32 Å². The molecule has 0 fully saturated rings. The van der Waals surface area contributed by atoms with E-state index in [0.717, 1.165) is 19.1 Å². The first-order chi connectivity index (χ1) is 14.7. The number of ether oxygens (including phenoxy) is 1. The minimum absolute atomic E-state index is 0.0452. The molecule has 1 rings (SSSR count). The summed E-state index contributed by atoms with van der Waals surface area (Å²) in [6.45, 7) is 8.15. The van der Waals surface area contributed by atoms with Crippen LogP contribution in [0.4, 0.5) is 4.79 Å². The smallest absolute Gasteiger partial charge is 0.407 e. The lowest BCUT2D eigenvalue weighted by molar-refractivity contribution is -0.130. The van der Waals surface area contributed by atoms with E-state index in [9.17, 15) is 19.2 Å². The van der Waals surface area contributed by atoms with Crippen LogP contribution in [0, 0.1) is 29.6 Å². The van der Waals surface area contributed by atoms with Crippen LogP contribution >= 0.6 is 0 Å². The Balaban J connectivity index is 2.48. The summed E-state index contributed by atoms with van der Waals surface area (Å²) in [7, 11) is 0. The van der Waals surface area contributed by atoms with Gasteiger partial charge in [-0.3, -0.25) is 9.59 Å². The molecule has 0 aromatic heterocycles. The van der Waals surface area contributed by atoms with Crippen LogP contribution in [0.5, 0.6) is 0 Å². The van der Waals surface area contributed by atoms with Gasteiger partial charge in [-0.05, 0) is 37.5 Å². The van der Waals surface area contributed by atoms with Gasteiger partial charge >= 0.3 is 6.09 Å². The number of ketones is 2. The van der Waals surface area contributed by atoms with Crippen molar-refractivity contribution in [2.24, 2.45) is 29.6 Å². The van der Waals surface area contributed by atoms with Crippen molar-refractivity contribution in [2.45, 2.75) is 66.2 Å². The molecule has 31 heavy (non-hydrogen) atoms. The number of alkyl carbamates (subject to hydrolysis) is 1. The molecule has 0 bridgehead atoms. The van der Waals surface area contributed by atoms with Gasteiger partial charge in [0.15, 0.2) is 5.78 Å². The summed E-state index contributed by atoms with van der Waals surface area (Å²) in [6, 6.07) is 0. The Bertz CT molecular complexity index is 650. The zero-order chi connectivity index (χ0) is 23.2. The molecule has 0 aromatic carbocycles. The van der Waals surface area contributed by atoms with Crippen molar-refractivity contribution in [3.8, 4) is 0 Å². The molecule has 1 aliphatic rings. The standard InChI is InChI=1S/C25H39NO5/c1-18(2)11-21(16-27)13-24(29)22(12-19(3)4)14-23(28)15-26-25(30)31-17-20-9-7-5-6-8-10-20/h5-7,9,16,18-22H,8,10-15,17H2,1-4H3,(H,26,30)/t20-,21-,22-/m1/s1. The zero-order valence-corrected chi connectivity index (χ0v) is 19.5. The van der Waals surface area contributed by atoms with Crippen LogP contribution in [-0.2, 0) is 19.1 Å². The lowest BCUT2D eigenvalue weighted by atomic mass is 9.83. The second-order valence-corrected chi connectivity index (χ2v) is 9.37. The summed E-state index contributed by atoms with van der Waals surface area (Å²) in [5.74, 6) is -0.241. The van der Waals surface area contributed by atoms with E-state index in [4.69, 9.17) is 4.74 Å². The third-order valence-corrected chi connectivity index (χ3v) is 5.31. The number of amides is 1. The molecule has 1 N–H and O–H groups in total. The summed E-state index contributed by atoms with van der Waals surface area (Å²) < 4.78 is 5.22. The van der Waals surface area contributed by atoms with Crippen LogP contribution in [-0.4, -0.2) is 37.1 Å². The van der Waals surface area contributed by atoms with Crippen LogP contribution in [0.25, 0.3) is 0 Å².